The summed E-state index contributed by atoms with van der Waals surface area (Å²) >= 11 is 11.8. The van der Waals surface area contributed by atoms with Crippen LogP contribution in [0.25, 0.3) is 0 Å². The van der Waals surface area contributed by atoms with Crippen molar-refractivity contribution in [3.8, 4) is 0 Å². The zero-order valence-electron chi connectivity index (χ0n) is 10.5. The van der Waals surface area contributed by atoms with Gasteiger partial charge in [-0.25, -0.2) is 9.69 Å². The molecule has 1 aliphatic heterocycles. The van der Waals surface area contributed by atoms with E-state index in [4.69, 9.17) is 27.9 Å². The second-order valence-corrected chi connectivity index (χ2v) is 5.65. The lowest BCUT2D eigenvalue weighted by atomic mass is 10.2. The highest BCUT2D eigenvalue weighted by Gasteiger charge is 2.40. The number of anilines is 1. The second kappa shape index (κ2) is 5.11. The number of amides is 2. The van der Waals surface area contributed by atoms with Crippen LogP contribution in [0.4, 0.5) is 10.5 Å². The van der Waals surface area contributed by atoms with E-state index in [2.05, 4.69) is 0 Å². The summed E-state index contributed by atoms with van der Waals surface area (Å²) in [6.07, 6.45) is 2.94. The lowest BCUT2D eigenvalue weighted by Gasteiger charge is -2.11. The van der Waals surface area contributed by atoms with Gasteiger partial charge in [-0.1, -0.05) is 23.2 Å². The highest BCUT2D eigenvalue weighted by atomic mass is 35.5. The molecule has 4 nitrogen and oxygen atoms in total. The number of halogens is 2. The number of imide groups is 1. The molecule has 1 saturated carbocycles. The summed E-state index contributed by atoms with van der Waals surface area (Å²) in [4.78, 5) is 25.3. The average Bonchev–Trinajstić information content (AvgIpc) is 2.96. The van der Waals surface area contributed by atoms with Crippen molar-refractivity contribution in [3.05, 3.63) is 39.6 Å². The first-order valence-corrected chi connectivity index (χ1v) is 7.06. The lowest BCUT2D eigenvalue weighted by molar-refractivity contribution is -0.114. The van der Waals surface area contributed by atoms with Crippen molar-refractivity contribution >= 4 is 40.9 Å². The molecule has 3 rings (SSSR count). The zero-order valence-corrected chi connectivity index (χ0v) is 12.0. The van der Waals surface area contributed by atoms with E-state index < -0.39 is 12.0 Å². The quantitative estimate of drug-likeness (QED) is 0.726. The van der Waals surface area contributed by atoms with Gasteiger partial charge >= 0.3 is 12.0 Å². The first-order valence-electron chi connectivity index (χ1n) is 6.30. The van der Waals surface area contributed by atoms with E-state index in [1.54, 1.807) is 0 Å². The van der Waals surface area contributed by atoms with Crippen LogP contribution in [0.15, 0.2) is 29.5 Å². The summed E-state index contributed by atoms with van der Waals surface area (Å²) in [5.74, 6) is -0.270. The van der Waals surface area contributed by atoms with Gasteiger partial charge in [-0.3, -0.25) is 4.79 Å². The number of nitrogens with zero attached hydrogens (tertiary/aromatic N) is 1. The van der Waals surface area contributed by atoms with E-state index in [0.29, 0.717) is 15.7 Å². The van der Waals surface area contributed by atoms with Crippen molar-refractivity contribution in [2.75, 3.05) is 4.90 Å². The second-order valence-electron chi connectivity index (χ2n) is 4.78. The Kier molecular flexibility index (Phi) is 3.44. The van der Waals surface area contributed by atoms with Gasteiger partial charge in [0.15, 0.2) is 5.76 Å². The van der Waals surface area contributed by atoms with Crippen LogP contribution < -0.4 is 4.90 Å². The molecule has 1 aromatic carbocycles. The van der Waals surface area contributed by atoms with Gasteiger partial charge in [0.1, 0.15) is 0 Å². The molecule has 20 heavy (non-hydrogen) atoms. The van der Waals surface area contributed by atoms with Crippen LogP contribution in [0.5, 0.6) is 0 Å². The Morgan fingerprint density at radius 2 is 1.60 bits per heavy atom. The summed E-state index contributed by atoms with van der Waals surface area (Å²) in [6.45, 7) is 0. The largest absolute Gasteiger partial charge is 0.427 e. The van der Waals surface area contributed by atoms with Crippen molar-refractivity contribution in [3.63, 3.8) is 0 Å². The van der Waals surface area contributed by atoms with E-state index in [1.807, 2.05) is 0 Å². The molecule has 0 unspecified atom stereocenters. The third-order valence-corrected chi connectivity index (χ3v) is 3.84. The Labute approximate surface area is 125 Å². The van der Waals surface area contributed by atoms with Crippen LogP contribution >= 0.6 is 23.2 Å². The van der Waals surface area contributed by atoms with Crippen LogP contribution in [0.1, 0.15) is 25.7 Å². The topological polar surface area (TPSA) is 46.6 Å². The van der Waals surface area contributed by atoms with Crippen molar-refractivity contribution in [1.82, 2.24) is 0 Å². The lowest BCUT2D eigenvalue weighted by Crippen LogP contribution is -2.28. The fourth-order valence-electron chi connectivity index (χ4n) is 2.50. The number of benzene rings is 1. The number of ether oxygens (including phenoxy) is 1. The smallest absolute Gasteiger partial charge is 0.404 e. The maximum absolute atomic E-state index is 12.4. The molecule has 6 heteroatoms. The minimum Gasteiger partial charge on any atom is -0.404 e. The van der Waals surface area contributed by atoms with Crippen molar-refractivity contribution in [2.24, 2.45) is 0 Å². The number of hydrogen-bond acceptors (Lipinski definition) is 3. The molecule has 2 amide bonds. The number of carbonyl (C=O) groups is 2. The predicted octanol–water partition coefficient (Wildman–Crippen LogP) is 4.30. The number of hydrogen-bond donors (Lipinski definition) is 0. The Morgan fingerprint density at radius 1 is 1.00 bits per heavy atom. The molecular weight excluding hydrogens is 301 g/mol. The van der Waals surface area contributed by atoms with Gasteiger partial charge in [0.05, 0.1) is 5.69 Å². The van der Waals surface area contributed by atoms with E-state index >= 15 is 0 Å². The SMILES string of the molecule is O=C1OC(=C2CCCC2)C(=O)N1c1cc(Cl)cc(Cl)c1. The third-order valence-electron chi connectivity index (χ3n) is 3.40. The first kappa shape index (κ1) is 13.5. The van der Waals surface area contributed by atoms with E-state index in [1.165, 1.54) is 18.2 Å². The maximum atomic E-state index is 12.4. The van der Waals surface area contributed by atoms with Crippen LogP contribution in [0.2, 0.25) is 10.0 Å². The molecule has 0 aromatic heterocycles. The van der Waals surface area contributed by atoms with Gasteiger partial charge in [-0.05, 0) is 49.5 Å². The summed E-state index contributed by atoms with van der Waals surface area (Å²) < 4.78 is 5.14. The number of cyclic esters (lactones) is 1. The monoisotopic (exact) mass is 311 g/mol. The molecule has 0 N–H and O–H groups in total. The summed E-state index contributed by atoms with van der Waals surface area (Å²) in [5, 5.41) is 0.713. The van der Waals surface area contributed by atoms with E-state index in [9.17, 15) is 9.59 Å². The predicted molar refractivity (Wildman–Crippen MR) is 75.9 cm³/mol. The van der Waals surface area contributed by atoms with Crippen LogP contribution in [0, 0.1) is 0 Å². The highest BCUT2D eigenvalue weighted by Crippen LogP contribution is 2.35. The minimum atomic E-state index is -0.706. The molecule has 1 aromatic rings. The fourth-order valence-corrected chi connectivity index (χ4v) is 3.02. The van der Waals surface area contributed by atoms with Gasteiger partial charge < -0.3 is 4.74 Å². The van der Waals surface area contributed by atoms with Gasteiger partial charge in [0.25, 0.3) is 0 Å². The summed E-state index contributed by atoms with van der Waals surface area (Å²) in [6, 6.07) is 4.55. The molecule has 0 spiro atoms. The van der Waals surface area contributed by atoms with Crippen molar-refractivity contribution < 1.29 is 14.3 Å². The molecule has 0 radical (unpaired) electrons. The minimum absolute atomic E-state index is 0.170. The molecule has 0 bridgehead atoms. The van der Waals surface area contributed by atoms with Gasteiger partial charge in [0, 0.05) is 10.0 Å². The number of rotatable bonds is 1. The van der Waals surface area contributed by atoms with Gasteiger partial charge in [-0.2, -0.15) is 0 Å². The zero-order chi connectivity index (χ0) is 14.3. The number of carbonyl (C=O) groups excluding carboxylic acids is 2. The molecule has 2 aliphatic rings. The highest BCUT2D eigenvalue weighted by molar-refractivity contribution is 6.35. The normalized spacial score (nSPS) is 19.0. The van der Waals surface area contributed by atoms with Crippen LogP contribution in [0.3, 0.4) is 0 Å². The Bertz CT molecular complexity index is 611. The van der Waals surface area contributed by atoms with Crippen LogP contribution in [-0.2, 0) is 9.53 Å². The molecule has 1 heterocycles. The fraction of sp³-hybridized carbons (Fsp3) is 0.286. The molecule has 0 atom stereocenters. The molecule has 1 aliphatic carbocycles. The molecular formula is C14H11Cl2NO3. The maximum Gasteiger partial charge on any atom is 0.427 e. The Balaban J connectivity index is 2.00. The molecule has 2 fully saturated rings. The third kappa shape index (κ3) is 2.30. The van der Waals surface area contributed by atoms with Crippen LogP contribution in [-0.4, -0.2) is 12.0 Å². The molecule has 104 valence electrons. The Morgan fingerprint density at radius 3 is 2.20 bits per heavy atom. The van der Waals surface area contributed by atoms with Crippen molar-refractivity contribution in [1.29, 1.82) is 0 Å². The number of allylic oxidation sites excluding steroid dienone is 1. The van der Waals surface area contributed by atoms with Crippen molar-refractivity contribution in [2.45, 2.75) is 25.7 Å². The standard InChI is InChI=1S/C14H11Cl2NO3/c15-9-5-10(16)7-11(6-9)17-13(18)12(20-14(17)19)8-3-1-2-4-8/h5-7H,1-4H2. The van der Waals surface area contributed by atoms with Gasteiger partial charge in [0.2, 0.25) is 0 Å². The van der Waals surface area contributed by atoms with Gasteiger partial charge in [-0.15, -0.1) is 0 Å². The molecule has 1 saturated heterocycles. The Hall–Kier alpha value is -1.52. The first-order chi connectivity index (χ1) is 9.56. The average molecular weight is 312 g/mol. The van der Waals surface area contributed by atoms with E-state index in [-0.39, 0.29) is 5.76 Å². The summed E-state index contributed by atoms with van der Waals surface area (Å²) in [7, 11) is 0. The van der Waals surface area contributed by atoms with E-state index in [0.717, 1.165) is 36.2 Å². The summed E-state index contributed by atoms with van der Waals surface area (Å²) in [5.41, 5.74) is 1.24.